The van der Waals surface area contributed by atoms with Gasteiger partial charge in [0.2, 0.25) is 11.8 Å². The zero-order chi connectivity index (χ0) is 27.9. The monoisotopic (exact) mass is 544 g/mol. The standard InChI is InChI=1S/C38H28N2O2/c1-3-13-27(14-4-1)33-23-41-37(39-33)31-21-19-25-11-7-9-17-29(25)35(31)36-30-18-10-8-12-26(30)20-22-32(36)38-40-34(24-42-38)28-15-5-2-6-16-28/h1-22,33-34H,23-24H2. The summed E-state index contributed by atoms with van der Waals surface area (Å²) in [5, 5.41) is 4.59. The van der Waals surface area contributed by atoms with Gasteiger partial charge in [0, 0.05) is 22.3 Å². The van der Waals surface area contributed by atoms with E-state index >= 15 is 0 Å². The molecule has 0 radical (unpaired) electrons. The third kappa shape index (κ3) is 4.24. The molecule has 2 heterocycles. The number of ether oxygens (including phenoxy) is 2. The topological polar surface area (TPSA) is 43.2 Å². The minimum Gasteiger partial charge on any atom is -0.475 e. The van der Waals surface area contributed by atoms with Gasteiger partial charge < -0.3 is 9.47 Å². The lowest BCUT2D eigenvalue weighted by Crippen LogP contribution is -2.08. The van der Waals surface area contributed by atoms with Crippen LogP contribution in [0.5, 0.6) is 0 Å². The molecular weight excluding hydrogens is 516 g/mol. The number of aliphatic imine (C=N–C) groups is 2. The average molecular weight is 545 g/mol. The van der Waals surface area contributed by atoms with Crippen molar-refractivity contribution < 1.29 is 9.47 Å². The van der Waals surface area contributed by atoms with E-state index in [0.717, 1.165) is 54.9 Å². The molecule has 2 aliphatic rings. The van der Waals surface area contributed by atoms with Gasteiger partial charge in [-0.15, -0.1) is 0 Å². The number of hydrogen-bond acceptors (Lipinski definition) is 4. The van der Waals surface area contributed by atoms with Gasteiger partial charge in [0.05, 0.1) is 0 Å². The molecule has 0 amide bonds. The Hall–Kier alpha value is -5.22. The van der Waals surface area contributed by atoms with E-state index in [9.17, 15) is 0 Å². The van der Waals surface area contributed by atoms with Crippen molar-refractivity contribution in [1.29, 1.82) is 0 Å². The molecule has 2 unspecified atom stereocenters. The summed E-state index contributed by atoms with van der Waals surface area (Å²) < 4.78 is 12.7. The van der Waals surface area contributed by atoms with E-state index in [1.807, 2.05) is 12.1 Å². The van der Waals surface area contributed by atoms with Gasteiger partial charge >= 0.3 is 0 Å². The molecule has 0 N–H and O–H groups in total. The number of benzene rings is 6. The van der Waals surface area contributed by atoms with E-state index in [2.05, 4.69) is 121 Å². The first-order valence-electron chi connectivity index (χ1n) is 14.4. The average Bonchev–Trinajstić information content (AvgIpc) is 3.76. The molecule has 6 aromatic rings. The van der Waals surface area contributed by atoms with Crippen LogP contribution in [0.2, 0.25) is 0 Å². The third-order valence-corrected chi connectivity index (χ3v) is 8.24. The predicted molar refractivity (Wildman–Crippen MR) is 170 cm³/mol. The fourth-order valence-electron chi connectivity index (χ4n) is 6.17. The first-order chi connectivity index (χ1) is 20.8. The van der Waals surface area contributed by atoms with Gasteiger partial charge in [-0.2, -0.15) is 0 Å². The quantitative estimate of drug-likeness (QED) is 0.218. The van der Waals surface area contributed by atoms with Crippen molar-refractivity contribution >= 4 is 33.3 Å². The highest BCUT2D eigenvalue weighted by Gasteiger charge is 2.29. The highest BCUT2D eigenvalue weighted by molar-refractivity contribution is 6.19. The Morgan fingerprint density at radius 2 is 0.833 bits per heavy atom. The molecule has 0 fully saturated rings. The van der Waals surface area contributed by atoms with Crippen LogP contribution in [0.4, 0.5) is 0 Å². The summed E-state index contributed by atoms with van der Waals surface area (Å²) in [5.41, 5.74) is 6.43. The Kier molecular flexibility index (Phi) is 6.03. The molecule has 202 valence electrons. The normalized spacial score (nSPS) is 18.0. The fourth-order valence-corrected chi connectivity index (χ4v) is 6.17. The molecule has 0 saturated heterocycles. The summed E-state index contributed by atoms with van der Waals surface area (Å²) in [6.07, 6.45) is 0. The Morgan fingerprint density at radius 3 is 1.29 bits per heavy atom. The van der Waals surface area contributed by atoms with E-state index in [-0.39, 0.29) is 12.1 Å². The maximum atomic E-state index is 6.36. The lowest BCUT2D eigenvalue weighted by molar-refractivity contribution is 0.319. The molecule has 4 heteroatoms. The van der Waals surface area contributed by atoms with E-state index in [4.69, 9.17) is 19.5 Å². The minimum atomic E-state index is -0.0401. The minimum absolute atomic E-state index is 0.0401. The second kappa shape index (κ2) is 10.3. The van der Waals surface area contributed by atoms with Crippen molar-refractivity contribution in [3.05, 3.63) is 156 Å². The Morgan fingerprint density at radius 1 is 0.429 bits per heavy atom. The van der Waals surface area contributed by atoms with Gasteiger partial charge in [-0.25, -0.2) is 9.98 Å². The summed E-state index contributed by atoms with van der Waals surface area (Å²) in [7, 11) is 0. The summed E-state index contributed by atoms with van der Waals surface area (Å²) in [5.74, 6) is 1.33. The third-order valence-electron chi connectivity index (χ3n) is 8.24. The largest absolute Gasteiger partial charge is 0.475 e. The van der Waals surface area contributed by atoms with Crippen LogP contribution in [-0.2, 0) is 9.47 Å². The molecule has 4 nitrogen and oxygen atoms in total. The van der Waals surface area contributed by atoms with Crippen molar-refractivity contribution in [1.82, 2.24) is 0 Å². The number of rotatable bonds is 5. The van der Waals surface area contributed by atoms with Crippen LogP contribution >= 0.6 is 0 Å². The molecule has 0 saturated carbocycles. The molecule has 42 heavy (non-hydrogen) atoms. The van der Waals surface area contributed by atoms with Crippen LogP contribution in [0.3, 0.4) is 0 Å². The first-order valence-corrected chi connectivity index (χ1v) is 14.4. The summed E-state index contributed by atoms with van der Waals surface area (Å²) in [6.45, 7) is 1.03. The number of fused-ring (bicyclic) bond motifs is 2. The summed E-state index contributed by atoms with van der Waals surface area (Å²) in [4.78, 5) is 10.2. The molecule has 2 atom stereocenters. The van der Waals surface area contributed by atoms with Gasteiger partial charge in [-0.3, -0.25) is 0 Å². The Balaban J connectivity index is 1.37. The maximum absolute atomic E-state index is 6.36. The van der Waals surface area contributed by atoms with Crippen LogP contribution in [0.1, 0.15) is 34.3 Å². The fraction of sp³-hybridized carbons (Fsp3) is 0.105. The van der Waals surface area contributed by atoms with Crippen LogP contribution < -0.4 is 0 Å². The lowest BCUT2D eigenvalue weighted by atomic mass is 9.87. The van der Waals surface area contributed by atoms with Crippen molar-refractivity contribution in [2.75, 3.05) is 13.2 Å². The zero-order valence-electron chi connectivity index (χ0n) is 23.0. The second-order valence-corrected chi connectivity index (χ2v) is 10.8. The summed E-state index contributed by atoms with van der Waals surface area (Å²) in [6, 6.07) is 46.3. The van der Waals surface area contributed by atoms with Crippen LogP contribution in [0, 0.1) is 0 Å². The molecular formula is C38H28N2O2. The Labute approximate surface area is 244 Å². The molecule has 0 spiro atoms. The molecule has 0 aromatic heterocycles. The summed E-state index contributed by atoms with van der Waals surface area (Å²) >= 11 is 0. The first kappa shape index (κ1) is 24.6. The highest BCUT2D eigenvalue weighted by Crippen LogP contribution is 2.42. The second-order valence-electron chi connectivity index (χ2n) is 10.8. The molecule has 6 aromatic carbocycles. The van der Waals surface area contributed by atoms with Crippen LogP contribution in [0.25, 0.3) is 32.7 Å². The number of hydrogen-bond donors (Lipinski definition) is 0. The van der Waals surface area contributed by atoms with Gasteiger partial charge in [0.25, 0.3) is 0 Å². The molecule has 0 aliphatic carbocycles. The SMILES string of the molecule is c1ccc(C2COC(c3ccc4ccccc4c3-c3c(C4=NC(c5ccccc5)CO4)ccc4ccccc34)=N2)cc1. The number of nitrogens with zero attached hydrogens (tertiary/aromatic N) is 2. The zero-order valence-corrected chi connectivity index (χ0v) is 23.0. The maximum Gasteiger partial charge on any atom is 0.217 e. The molecule has 8 rings (SSSR count). The smallest absolute Gasteiger partial charge is 0.217 e. The van der Waals surface area contributed by atoms with Crippen molar-refractivity contribution in [2.24, 2.45) is 9.98 Å². The predicted octanol–water partition coefficient (Wildman–Crippen LogP) is 8.70. The van der Waals surface area contributed by atoms with Gasteiger partial charge in [0.1, 0.15) is 25.3 Å². The molecule has 2 aliphatic heterocycles. The van der Waals surface area contributed by atoms with Crippen molar-refractivity contribution in [3.63, 3.8) is 0 Å². The molecule has 0 bridgehead atoms. The Bertz CT molecular complexity index is 1850. The van der Waals surface area contributed by atoms with Gasteiger partial charge in [-0.05, 0) is 44.8 Å². The van der Waals surface area contributed by atoms with E-state index in [1.165, 1.54) is 0 Å². The van der Waals surface area contributed by atoms with E-state index in [1.54, 1.807) is 0 Å². The van der Waals surface area contributed by atoms with Gasteiger partial charge in [-0.1, -0.05) is 121 Å². The lowest BCUT2D eigenvalue weighted by Gasteiger charge is -2.19. The van der Waals surface area contributed by atoms with Crippen molar-refractivity contribution in [2.45, 2.75) is 12.1 Å². The van der Waals surface area contributed by atoms with E-state index < -0.39 is 0 Å². The van der Waals surface area contributed by atoms with Crippen molar-refractivity contribution in [3.8, 4) is 11.1 Å². The van der Waals surface area contributed by atoms with E-state index in [0.29, 0.717) is 25.0 Å². The van der Waals surface area contributed by atoms with Gasteiger partial charge in [0.15, 0.2) is 0 Å². The highest BCUT2D eigenvalue weighted by atomic mass is 16.5. The van der Waals surface area contributed by atoms with Crippen LogP contribution in [0.15, 0.2) is 143 Å². The van der Waals surface area contributed by atoms with Crippen LogP contribution in [-0.4, -0.2) is 25.0 Å².